The van der Waals surface area contributed by atoms with E-state index in [1.165, 1.54) is 5.56 Å². The topological polar surface area (TPSA) is 113 Å². The van der Waals surface area contributed by atoms with E-state index in [1.807, 2.05) is 43.3 Å². The van der Waals surface area contributed by atoms with Crippen LogP contribution in [0.5, 0.6) is 5.75 Å². The zero-order chi connectivity index (χ0) is 28.7. The van der Waals surface area contributed by atoms with E-state index < -0.39 is 18.3 Å². The first kappa shape index (κ1) is 31.5. The highest BCUT2D eigenvalue weighted by Gasteiger charge is 2.40. The van der Waals surface area contributed by atoms with Crippen LogP contribution in [0, 0.1) is 18.8 Å². The van der Waals surface area contributed by atoms with Crippen LogP contribution in [0.15, 0.2) is 60.7 Å². The summed E-state index contributed by atoms with van der Waals surface area (Å²) in [4.78, 5) is 22.9. The molecule has 0 amide bonds. The lowest BCUT2D eigenvalue weighted by Crippen LogP contribution is -2.23. The van der Waals surface area contributed by atoms with Gasteiger partial charge in [0.2, 0.25) is 0 Å². The summed E-state index contributed by atoms with van der Waals surface area (Å²) in [5.74, 6) is 0.254. The summed E-state index contributed by atoms with van der Waals surface area (Å²) < 4.78 is 10.9. The predicted molar refractivity (Wildman–Crippen MR) is 154 cm³/mol. The number of hydrogen-bond acceptors (Lipinski definition) is 7. The molecule has 0 spiro atoms. The minimum absolute atomic E-state index is 0.0339. The van der Waals surface area contributed by atoms with Crippen LogP contribution in [0.25, 0.3) is 0 Å². The third kappa shape index (κ3) is 10.5. The van der Waals surface area contributed by atoms with E-state index in [-0.39, 0.29) is 31.0 Å². The molecular weight excluding hydrogens is 508 g/mol. The number of carbonyl (C=O) groups excluding carboxylic acids is 2. The maximum Gasteiger partial charge on any atom is 0.305 e. The first-order valence-corrected chi connectivity index (χ1v) is 14.4. The Balaban J connectivity index is 1.29. The monoisotopic (exact) mass is 552 g/mol. The summed E-state index contributed by atoms with van der Waals surface area (Å²) in [6.07, 6.45) is 8.80. The summed E-state index contributed by atoms with van der Waals surface area (Å²) in [7, 11) is 0. The Kier molecular flexibility index (Phi) is 13.4. The minimum atomic E-state index is -0.550. The molecule has 0 aromatic heterocycles. The fourth-order valence-corrected chi connectivity index (χ4v) is 5.37. The molecular formula is C33H44O7. The lowest BCUT2D eigenvalue weighted by Gasteiger charge is -2.23. The number of ether oxygens (including phenoxy) is 2. The number of aryl methyl sites for hydroxylation is 2. The van der Waals surface area contributed by atoms with E-state index in [0.717, 1.165) is 24.7 Å². The van der Waals surface area contributed by atoms with Crippen molar-refractivity contribution in [2.75, 3.05) is 13.2 Å². The Morgan fingerprint density at radius 2 is 1.80 bits per heavy atom. The normalized spacial score (nSPS) is 21.4. The molecule has 0 unspecified atom stereocenters. The number of hydrogen-bond donors (Lipinski definition) is 3. The lowest BCUT2D eigenvalue weighted by atomic mass is 9.85. The van der Waals surface area contributed by atoms with Gasteiger partial charge in [0.05, 0.1) is 18.3 Å². The molecule has 2 aromatic carbocycles. The Hall–Kier alpha value is -3.00. The van der Waals surface area contributed by atoms with Crippen LogP contribution in [0.3, 0.4) is 0 Å². The van der Waals surface area contributed by atoms with Crippen LogP contribution in [-0.4, -0.2) is 59.1 Å². The molecule has 218 valence electrons. The quantitative estimate of drug-likeness (QED) is 0.110. The molecule has 5 atom stereocenters. The van der Waals surface area contributed by atoms with Crippen molar-refractivity contribution in [2.24, 2.45) is 11.8 Å². The van der Waals surface area contributed by atoms with E-state index in [4.69, 9.17) is 9.47 Å². The number of rotatable bonds is 17. The highest BCUT2D eigenvalue weighted by Crippen LogP contribution is 2.38. The molecule has 1 aliphatic carbocycles. The number of aldehydes is 1. The fraction of sp³-hybridized carbons (Fsp3) is 0.515. The third-order valence-corrected chi connectivity index (χ3v) is 7.74. The molecule has 7 heteroatoms. The fourth-order valence-electron chi connectivity index (χ4n) is 5.37. The number of benzene rings is 2. The highest BCUT2D eigenvalue weighted by atomic mass is 16.6. The van der Waals surface area contributed by atoms with E-state index in [1.54, 1.807) is 12.1 Å². The van der Waals surface area contributed by atoms with Crippen LogP contribution < -0.4 is 4.74 Å². The van der Waals surface area contributed by atoms with Gasteiger partial charge in [0.25, 0.3) is 0 Å². The molecule has 0 heterocycles. The standard InChI is InChI=1S/C33H44O7/c1-24-13-14-26(23-34)21-32(24)39-19-20-40-33(38)12-8-3-2-7-11-28-29(31(37)22-30(28)36)18-17-27(35)16-15-25-9-5-4-6-10-25/h2,4-7,9-10,13-14,21,23,27-31,35-37H,3,8,11-12,15-20,22H2,1H3/t27-,28+,29+,30-,31+/m0/s1. The first-order chi connectivity index (χ1) is 19.4. The zero-order valence-corrected chi connectivity index (χ0v) is 23.5. The van der Waals surface area contributed by atoms with Gasteiger partial charge in [-0.05, 0) is 87.3 Å². The number of aliphatic hydroxyl groups is 3. The molecule has 7 nitrogen and oxygen atoms in total. The van der Waals surface area contributed by atoms with Gasteiger partial charge in [-0.2, -0.15) is 0 Å². The summed E-state index contributed by atoms with van der Waals surface area (Å²) in [6, 6.07) is 15.3. The number of aliphatic hydroxyl groups excluding tert-OH is 3. The molecule has 0 radical (unpaired) electrons. The van der Waals surface area contributed by atoms with Gasteiger partial charge in [-0.3, -0.25) is 9.59 Å². The van der Waals surface area contributed by atoms with Gasteiger partial charge >= 0.3 is 5.97 Å². The van der Waals surface area contributed by atoms with E-state index in [0.29, 0.717) is 56.3 Å². The molecule has 1 saturated carbocycles. The summed E-state index contributed by atoms with van der Waals surface area (Å²) >= 11 is 0. The summed E-state index contributed by atoms with van der Waals surface area (Å²) in [5.41, 5.74) is 2.65. The Morgan fingerprint density at radius 3 is 2.58 bits per heavy atom. The summed E-state index contributed by atoms with van der Waals surface area (Å²) in [6.45, 7) is 2.25. The van der Waals surface area contributed by atoms with Crippen molar-refractivity contribution in [2.45, 2.75) is 83.0 Å². The Labute approximate surface area is 237 Å². The Morgan fingerprint density at radius 1 is 1.02 bits per heavy atom. The van der Waals surface area contributed by atoms with Crippen molar-refractivity contribution in [3.63, 3.8) is 0 Å². The van der Waals surface area contributed by atoms with Crippen molar-refractivity contribution in [3.8, 4) is 5.75 Å². The molecule has 40 heavy (non-hydrogen) atoms. The number of unbranched alkanes of at least 4 members (excludes halogenated alkanes) is 1. The second-order valence-electron chi connectivity index (χ2n) is 10.8. The highest BCUT2D eigenvalue weighted by molar-refractivity contribution is 5.75. The SMILES string of the molecule is Cc1ccc(C=O)cc1OCCOC(=O)CCCC=CC[C@@H]1[C@@H](CC[C@@H](O)CCc2ccccc2)[C@H](O)C[C@@H]1O. The van der Waals surface area contributed by atoms with E-state index in [2.05, 4.69) is 12.1 Å². The van der Waals surface area contributed by atoms with Crippen molar-refractivity contribution in [3.05, 3.63) is 77.4 Å². The van der Waals surface area contributed by atoms with Crippen LogP contribution >= 0.6 is 0 Å². The second kappa shape index (κ2) is 17.0. The predicted octanol–water partition coefficient (Wildman–Crippen LogP) is 4.98. The van der Waals surface area contributed by atoms with Gasteiger partial charge in [-0.15, -0.1) is 0 Å². The third-order valence-electron chi connectivity index (χ3n) is 7.74. The second-order valence-corrected chi connectivity index (χ2v) is 10.8. The van der Waals surface area contributed by atoms with Crippen molar-refractivity contribution < 1.29 is 34.4 Å². The maximum absolute atomic E-state index is 12.0. The molecule has 2 aromatic rings. The van der Waals surface area contributed by atoms with Gasteiger partial charge in [-0.25, -0.2) is 0 Å². The first-order valence-electron chi connectivity index (χ1n) is 14.4. The van der Waals surface area contributed by atoms with Crippen molar-refractivity contribution >= 4 is 12.3 Å². The molecule has 1 fully saturated rings. The van der Waals surface area contributed by atoms with Gasteiger partial charge < -0.3 is 24.8 Å². The average molecular weight is 553 g/mol. The lowest BCUT2D eigenvalue weighted by molar-refractivity contribution is -0.144. The molecule has 0 saturated heterocycles. The largest absolute Gasteiger partial charge is 0.490 e. The number of esters is 1. The number of allylic oxidation sites excluding steroid dienone is 2. The molecule has 3 N–H and O–H groups in total. The molecule has 1 aliphatic rings. The van der Waals surface area contributed by atoms with Crippen molar-refractivity contribution in [1.29, 1.82) is 0 Å². The van der Waals surface area contributed by atoms with Crippen LogP contribution in [-0.2, 0) is 16.0 Å². The van der Waals surface area contributed by atoms with Gasteiger partial charge in [-0.1, -0.05) is 54.6 Å². The average Bonchev–Trinajstić information content (AvgIpc) is 3.23. The van der Waals surface area contributed by atoms with Gasteiger partial charge in [0.1, 0.15) is 25.2 Å². The van der Waals surface area contributed by atoms with Gasteiger partial charge in [0.15, 0.2) is 0 Å². The Bertz CT molecular complexity index is 1070. The van der Waals surface area contributed by atoms with Crippen LogP contribution in [0.2, 0.25) is 0 Å². The number of carbonyl (C=O) groups is 2. The van der Waals surface area contributed by atoms with Gasteiger partial charge in [0, 0.05) is 12.0 Å². The summed E-state index contributed by atoms with van der Waals surface area (Å²) in [5, 5.41) is 31.5. The van der Waals surface area contributed by atoms with E-state index >= 15 is 0 Å². The molecule has 0 aliphatic heterocycles. The smallest absolute Gasteiger partial charge is 0.305 e. The maximum atomic E-state index is 12.0. The van der Waals surface area contributed by atoms with Crippen LogP contribution in [0.1, 0.15) is 72.9 Å². The zero-order valence-electron chi connectivity index (χ0n) is 23.5. The molecule has 0 bridgehead atoms. The molecule has 3 rings (SSSR count). The van der Waals surface area contributed by atoms with Crippen molar-refractivity contribution in [1.82, 2.24) is 0 Å². The minimum Gasteiger partial charge on any atom is -0.490 e. The van der Waals surface area contributed by atoms with Crippen LogP contribution in [0.4, 0.5) is 0 Å². The van der Waals surface area contributed by atoms with E-state index in [9.17, 15) is 24.9 Å².